The first-order valence-electron chi connectivity index (χ1n) is 6.51. The van der Waals surface area contributed by atoms with E-state index in [1.54, 1.807) is 19.2 Å². The summed E-state index contributed by atoms with van der Waals surface area (Å²) in [7, 11) is 1.62. The van der Waals surface area contributed by atoms with Crippen LogP contribution in [-0.2, 0) is 6.54 Å². The molecule has 112 valence electrons. The van der Waals surface area contributed by atoms with Crippen molar-refractivity contribution < 1.29 is 18.3 Å². The Morgan fingerprint density at radius 2 is 1.95 bits per heavy atom. The maximum absolute atomic E-state index is 12.2. The molecule has 2 rings (SSSR count). The Morgan fingerprint density at radius 3 is 2.67 bits per heavy atom. The standard InChI is InChI=1S/C16H17F2NO2/c1-11-6-7-15(20-2)12(8-11)10-19-13-4-3-5-14(9-13)21-16(17)18/h3-9,16,19H,10H2,1-2H3. The molecule has 2 aromatic rings. The molecule has 0 saturated carbocycles. The van der Waals surface area contributed by atoms with E-state index in [-0.39, 0.29) is 5.75 Å². The van der Waals surface area contributed by atoms with Crippen LogP contribution in [-0.4, -0.2) is 13.7 Å². The molecule has 0 bridgehead atoms. The average Bonchev–Trinajstić information content (AvgIpc) is 2.45. The summed E-state index contributed by atoms with van der Waals surface area (Å²) in [5.41, 5.74) is 2.83. The number of hydrogen-bond donors (Lipinski definition) is 1. The van der Waals surface area contributed by atoms with Gasteiger partial charge in [-0.1, -0.05) is 23.8 Å². The van der Waals surface area contributed by atoms with E-state index >= 15 is 0 Å². The average molecular weight is 293 g/mol. The van der Waals surface area contributed by atoms with Gasteiger partial charge in [0.05, 0.1) is 7.11 Å². The lowest BCUT2D eigenvalue weighted by molar-refractivity contribution is -0.0498. The van der Waals surface area contributed by atoms with E-state index in [1.165, 1.54) is 12.1 Å². The normalized spacial score (nSPS) is 10.5. The van der Waals surface area contributed by atoms with Crippen LogP contribution in [0.3, 0.4) is 0 Å². The Balaban J connectivity index is 2.07. The third-order valence-electron chi connectivity index (χ3n) is 2.98. The van der Waals surface area contributed by atoms with Crippen molar-refractivity contribution in [1.82, 2.24) is 0 Å². The quantitative estimate of drug-likeness (QED) is 0.865. The SMILES string of the molecule is COc1ccc(C)cc1CNc1cccc(OC(F)F)c1. The molecule has 0 atom stereocenters. The molecule has 0 spiro atoms. The van der Waals surface area contributed by atoms with Gasteiger partial charge in [-0.2, -0.15) is 8.78 Å². The summed E-state index contributed by atoms with van der Waals surface area (Å²) in [5.74, 6) is 0.916. The highest BCUT2D eigenvalue weighted by molar-refractivity contribution is 5.49. The molecule has 21 heavy (non-hydrogen) atoms. The monoisotopic (exact) mass is 293 g/mol. The van der Waals surface area contributed by atoms with Crippen molar-refractivity contribution in [3.05, 3.63) is 53.6 Å². The fourth-order valence-electron chi connectivity index (χ4n) is 2.03. The number of anilines is 1. The summed E-state index contributed by atoms with van der Waals surface area (Å²) in [6.45, 7) is -0.291. The van der Waals surface area contributed by atoms with Gasteiger partial charge in [0, 0.05) is 23.9 Å². The highest BCUT2D eigenvalue weighted by Crippen LogP contribution is 2.23. The molecule has 0 aliphatic heterocycles. The second-order valence-electron chi connectivity index (χ2n) is 4.58. The van der Waals surface area contributed by atoms with Gasteiger partial charge in [-0.3, -0.25) is 0 Å². The van der Waals surface area contributed by atoms with E-state index in [1.807, 2.05) is 25.1 Å². The van der Waals surface area contributed by atoms with Crippen LogP contribution in [0.2, 0.25) is 0 Å². The van der Waals surface area contributed by atoms with Gasteiger partial charge < -0.3 is 14.8 Å². The first-order chi connectivity index (χ1) is 10.1. The fourth-order valence-corrected chi connectivity index (χ4v) is 2.03. The van der Waals surface area contributed by atoms with E-state index in [2.05, 4.69) is 10.1 Å². The first kappa shape index (κ1) is 15.1. The number of hydrogen-bond acceptors (Lipinski definition) is 3. The molecular formula is C16H17F2NO2. The summed E-state index contributed by atoms with van der Waals surface area (Å²) in [6.07, 6.45) is 0. The lowest BCUT2D eigenvalue weighted by atomic mass is 10.1. The summed E-state index contributed by atoms with van der Waals surface area (Å²) in [6, 6.07) is 12.4. The molecule has 0 unspecified atom stereocenters. The Morgan fingerprint density at radius 1 is 1.14 bits per heavy atom. The smallest absolute Gasteiger partial charge is 0.387 e. The molecule has 0 heterocycles. The van der Waals surface area contributed by atoms with Gasteiger partial charge in [0.2, 0.25) is 0 Å². The Kier molecular flexibility index (Phi) is 4.98. The summed E-state index contributed by atoms with van der Waals surface area (Å²) < 4.78 is 34.0. The van der Waals surface area contributed by atoms with Crippen LogP contribution in [0.4, 0.5) is 14.5 Å². The molecule has 0 fully saturated rings. The van der Waals surface area contributed by atoms with Crippen LogP contribution in [0.15, 0.2) is 42.5 Å². The van der Waals surface area contributed by atoms with E-state index in [0.717, 1.165) is 16.9 Å². The number of nitrogens with one attached hydrogen (secondary N) is 1. The van der Waals surface area contributed by atoms with E-state index < -0.39 is 6.61 Å². The van der Waals surface area contributed by atoms with Crippen LogP contribution in [0.5, 0.6) is 11.5 Å². The Hall–Kier alpha value is -2.30. The number of ether oxygens (including phenoxy) is 2. The van der Waals surface area contributed by atoms with Gasteiger partial charge in [0.1, 0.15) is 11.5 Å². The van der Waals surface area contributed by atoms with Crippen molar-refractivity contribution in [2.45, 2.75) is 20.1 Å². The predicted octanol–water partition coefficient (Wildman–Crippen LogP) is 4.22. The van der Waals surface area contributed by atoms with Crippen molar-refractivity contribution in [1.29, 1.82) is 0 Å². The number of methoxy groups -OCH3 is 1. The Labute approximate surface area is 122 Å². The summed E-state index contributed by atoms with van der Waals surface area (Å²) in [4.78, 5) is 0. The Bertz CT molecular complexity index is 603. The number of benzene rings is 2. The zero-order valence-electron chi connectivity index (χ0n) is 11.9. The van der Waals surface area contributed by atoms with Crippen molar-refractivity contribution in [2.75, 3.05) is 12.4 Å². The topological polar surface area (TPSA) is 30.5 Å². The number of halogens is 2. The van der Waals surface area contributed by atoms with Gasteiger partial charge in [0.25, 0.3) is 0 Å². The molecule has 1 N–H and O–H groups in total. The van der Waals surface area contributed by atoms with Gasteiger partial charge in [0.15, 0.2) is 0 Å². The molecule has 0 amide bonds. The maximum Gasteiger partial charge on any atom is 0.387 e. The molecule has 0 saturated heterocycles. The van der Waals surface area contributed by atoms with E-state index in [9.17, 15) is 8.78 Å². The van der Waals surface area contributed by atoms with Crippen molar-refractivity contribution in [2.24, 2.45) is 0 Å². The lowest BCUT2D eigenvalue weighted by Gasteiger charge is -2.12. The number of aryl methyl sites for hydroxylation is 1. The lowest BCUT2D eigenvalue weighted by Crippen LogP contribution is -2.04. The summed E-state index contributed by atoms with van der Waals surface area (Å²) >= 11 is 0. The molecule has 0 radical (unpaired) electrons. The van der Waals surface area contributed by atoms with E-state index in [4.69, 9.17) is 4.74 Å². The van der Waals surface area contributed by atoms with Gasteiger partial charge in [-0.05, 0) is 25.1 Å². The number of alkyl halides is 2. The van der Waals surface area contributed by atoms with Crippen LogP contribution in [0.25, 0.3) is 0 Å². The first-order valence-corrected chi connectivity index (χ1v) is 6.51. The van der Waals surface area contributed by atoms with Crippen molar-refractivity contribution in [3.63, 3.8) is 0 Å². The molecule has 5 heteroatoms. The number of rotatable bonds is 6. The van der Waals surface area contributed by atoms with E-state index in [0.29, 0.717) is 12.2 Å². The zero-order chi connectivity index (χ0) is 15.2. The van der Waals surface area contributed by atoms with Crippen LogP contribution < -0.4 is 14.8 Å². The molecular weight excluding hydrogens is 276 g/mol. The highest BCUT2D eigenvalue weighted by Gasteiger charge is 2.06. The van der Waals surface area contributed by atoms with Gasteiger partial charge >= 0.3 is 6.61 Å². The van der Waals surface area contributed by atoms with Crippen molar-refractivity contribution >= 4 is 5.69 Å². The third kappa shape index (κ3) is 4.34. The minimum Gasteiger partial charge on any atom is -0.496 e. The summed E-state index contributed by atoms with van der Waals surface area (Å²) in [5, 5.41) is 3.17. The van der Waals surface area contributed by atoms with Crippen LogP contribution in [0, 0.1) is 6.92 Å². The minimum absolute atomic E-state index is 0.131. The highest BCUT2D eigenvalue weighted by atomic mass is 19.3. The minimum atomic E-state index is -2.82. The largest absolute Gasteiger partial charge is 0.496 e. The molecule has 0 aliphatic rings. The molecule has 0 aliphatic carbocycles. The molecule has 0 aromatic heterocycles. The molecule has 2 aromatic carbocycles. The third-order valence-corrected chi connectivity index (χ3v) is 2.98. The zero-order valence-corrected chi connectivity index (χ0v) is 11.9. The van der Waals surface area contributed by atoms with Gasteiger partial charge in [-0.25, -0.2) is 0 Å². The van der Waals surface area contributed by atoms with Crippen LogP contribution in [0.1, 0.15) is 11.1 Å². The second kappa shape index (κ2) is 6.92. The van der Waals surface area contributed by atoms with Gasteiger partial charge in [-0.15, -0.1) is 0 Å². The maximum atomic E-state index is 12.2. The molecule has 3 nitrogen and oxygen atoms in total. The fraction of sp³-hybridized carbons (Fsp3) is 0.250. The van der Waals surface area contributed by atoms with Crippen LogP contribution >= 0.6 is 0 Å². The van der Waals surface area contributed by atoms with Crippen molar-refractivity contribution in [3.8, 4) is 11.5 Å². The second-order valence-corrected chi connectivity index (χ2v) is 4.58. The predicted molar refractivity (Wildman–Crippen MR) is 78.1 cm³/mol.